The van der Waals surface area contributed by atoms with Gasteiger partial charge in [0.25, 0.3) is 0 Å². The van der Waals surface area contributed by atoms with E-state index in [2.05, 4.69) is 4.98 Å². The Morgan fingerprint density at radius 3 is 2.60 bits per heavy atom. The summed E-state index contributed by atoms with van der Waals surface area (Å²) in [5, 5.41) is 8.08. The van der Waals surface area contributed by atoms with Gasteiger partial charge in [-0.1, -0.05) is 30.3 Å². The molecule has 2 N–H and O–H groups in total. The summed E-state index contributed by atoms with van der Waals surface area (Å²) in [7, 11) is 0. The van der Waals surface area contributed by atoms with E-state index in [1.165, 1.54) is 11.8 Å². The van der Waals surface area contributed by atoms with Crippen LogP contribution in [0, 0.1) is 0 Å². The number of rotatable bonds is 6. The molecule has 2 aromatic rings. The molecule has 2 amide bonds. The summed E-state index contributed by atoms with van der Waals surface area (Å²) in [4.78, 5) is 30.1. The SMILES string of the molecule is O=C(CC1SC(c2ccncc2)N(CCc2ccccc2)C1=O)NO. The van der Waals surface area contributed by atoms with E-state index in [-0.39, 0.29) is 17.7 Å². The molecule has 25 heavy (non-hydrogen) atoms. The van der Waals surface area contributed by atoms with Crippen LogP contribution in [0.3, 0.4) is 0 Å². The Bertz CT molecular complexity index is 727. The van der Waals surface area contributed by atoms with Gasteiger partial charge < -0.3 is 4.90 Å². The number of carbonyl (C=O) groups is 2. The highest BCUT2D eigenvalue weighted by atomic mass is 32.2. The molecule has 0 spiro atoms. The van der Waals surface area contributed by atoms with Crippen LogP contribution in [0.5, 0.6) is 0 Å². The molecule has 0 bridgehead atoms. The Kier molecular flexibility index (Phi) is 5.67. The van der Waals surface area contributed by atoms with Crippen molar-refractivity contribution in [1.29, 1.82) is 0 Å². The van der Waals surface area contributed by atoms with Gasteiger partial charge >= 0.3 is 0 Å². The number of benzene rings is 1. The molecule has 0 aliphatic carbocycles. The summed E-state index contributed by atoms with van der Waals surface area (Å²) >= 11 is 1.44. The van der Waals surface area contributed by atoms with E-state index < -0.39 is 11.2 Å². The third-order valence-corrected chi connectivity index (χ3v) is 5.59. The summed E-state index contributed by atoms with van der Waals surface area (Å²) in [5.74, 6) is -0.629. The lowest BCUT2D eigenvalue weighted by Gasteiger charge is -2.24. The fourth-order valence-electron chi connectivity index (χ4n) is 2.85. The molecular weight excluding hydrogens is 338 g/mol. The highest BCUT2D eigenvalue weighted by molar-refractivity contribution is 8.01. The first-order chi connectivity index (χ1) is 12.2. The first-order valence-corrected chi connectivity index (χ1v) is 8.96. The molecule has 130 valence electrons. The first-order valence-electron chi connectivity index (χ1n) is 8.02. The predicted molar refractivity (Wildman–Crippen MR) is 94.8 cm³/mol. The van der Waals surface area contributed by atoms with Crippen LogP contribution in [0.25, 0.3) is 0 Å². The summed E-state index contributed by atoms with van der Waals surface area (Å²) in [5.41, 5.74) is 3.74. The van der Waals surface area contributed by atoms with E-state index in [9.17, 15) is 9.59 Å². The van der Waals surface area contributed by atoms with Crippen molar-refractivity contribution in [2.24, 2.45) is 0 Å². The molecule has 1 saturated heterocycles. The standard InChI is InChI=1S/C18H19N3O3S/c22-16(20-24)12-15-17(23)21(11-8-13-4-2-1-3-5-13)18(25-15)14-6-9-19-10-7-14/h1-7,9-10,15,18,24H,8,11-12H2,(H,20,22). The molecule has 2 atom stereocenters. The molecule has 3 rings (SSSR count). The fourth-order valence-corrected chi connectivity index (χ4v) is 4.33. The number of carbonyl (C=O) groups excluding carboxylic acids is 2. The lowest BCUT2D eigenvalue weighted by atomic mass is 10.1. The minimum Gasteiger partial charge on any atom is -0.325 e. The molecule has 1 fully saturated rings. The van der Waals surface area contributed by atoms with Crippen molar-refractivity contribution < 1.29 is 14.8 Å². The number of nitrogens with zero attached hydrogens (tertiary/aromatic N) is 2. The third-order valence-electron chi connectivity index (χ3n) is 4.11. The average molecular weight is 357 g/mol. The number of hydrogen-bond acceptors (Lipinski definition) is 5. The average Bonchev–Trinajstić information content (AvgIpc) is 2.97. The molecule has 1 aliphatic rings. The van der Waals surface area contributed by atoms with Crippen LogP contribution in [0.2, 0.25) is 0 Å². The van der Waals surface area contributed by atoms with Gasteiger partial charge in [-0.3, -0.25) is 19.8 Å². The normalized spacial score (nSPS) is 19.9. The zero-order valence-corrected chi connectivity index (χ0v) is 14.4. The minimum atomic E-state index is -0.552. The van der Waals surface area contributed by atoms with Crippen molar-refractivity contribution in [2.75, 3.05) is 6.54 Å². The number of pyridine rings is 1. The van der Waals surface area contributed by atoms with E-state index in [0.29, 0.717) is 6.54 Å². The fraction of sp³-hybridized carbons (Fsp3) is 0.278. The Hall–Kier alpha value is -2.38. The van der Waals surface area contributed by atoms with E-state index in [1.807, 2.05) is 47.4 Å². The molecule has 7 heteroatoms. The van der Waals surface area contributed by atoms with E-state index in [1.54, 1.807) is 17.9 Å². The molecule has 0 radical (unpaired) electrons. The van der Waals surface area contributed by atoms with Crippen LogP contribution in [0.1, 0.15) is 22.9 Å². The van der Waals surface area contributed by atoms with E-state index in [0.717, 1.165) is 17.5 Å². The summed E-state index contributed by atoms with van der Waals surface area (Å²) in [6, 6.07) is 13.8. The zero-order valence-electron chi connectivity index (χ0n) is 13.5. The van der Waals surface area contributed by atoms with Gasteiger partial charge in [-0.15, -0.1) is 11.8 Å². The number of nitrogens with one attached hydrogen (secondary N) is 1. The van der Waals surface area contributed by atoms with Gasteiger partial charge in [0, 0.05) is 25.4 Å². The van der Waals surface area contributed by atoms with Gasteiger partial charge in [-0.2, -0.15) is 0 Å². The number of amides is 2. The van der Waals surface area contributed by atoms with E-state index >= 15 is 0 Å². The van der Waals surface area contributed by atoms with Gasteiger partial charge in [0.2, 0.25) is 11.8 Å². The van der Waals surface area contributed by atoms with Crippen molar-refractivity contribution in [3.05, 3.63) is 66.0 Å². The van der Waals surface area contributed by atoms with Crippen LogP contribution >= 0.6 is 11.8 Å². The maximum absolute atomic E-state index is 12.8. The van der Waals surface area contributed by atoms with Gasteiger partial charge in [0.1, 0.15) is 5.37 Å². The molecule has 6 nitrogen and oxygen atoms in total. The van der Waals surface area contributed by atoms with E-state index in [4.69, 9.17) is 5.21 Å². The largest absolute Gasteiger partial charge is 0.325 e. The lowest BCUT2D eigenvalue weighted by Crippen LogP contribution is -2.34. The maximum Gasteiger partial charge on any atom is 0.244 e. The molecule has 1 aliphatic heterocycles. The second kappa shape index (κ2) is 8.13. The van der Waals surface area contributed by atoms with Crippen molar-refractivity contribution in [1.82, 2.24) is 15.4 Å². The Balaban J connectivity index is 1.77. The van der Waals surface area contributed by atoms with Crippen molar-refractivity contribution in [3.63, 3.8) is 0 Å². The summed E-state index contributed by atoms with van der Waals surface area (Å²) < 4.78 is 0. The van der Waals surface area contributed by atoms with Crippen LogP contribution in [0.4, 0.5) is 0 Å². The molecule has 1 aromatic heterocycles. The highest BCUT2D eigenvalue weighted by Gasteiger charge is 2.41. The van der Waals surface area contributed by atoms with Gasteiger partial charge in [0.15, 0.2) is 0 Å². The third kappa shape index (κ3) is 4.18. The Morgan fingerprint density at radius 2 is 1.92 bits per heavy atom. The predicted octanol–water partition coefficient (Wildman–Crippen LogP) is 2.16. The van der Waals surface area contributed by atoms with Crippen LogP contribution in [-0.4, -0.2) is 38.7 Å². The quantitative estimate of drug-likeness (QED) is 0.611. The van der Waals surface area contributed by atoms with Gasteiger partial charge in [-0.25, -0.2) is 5.48 Å². The van der Waals surface area contributed by atoms with Crippen molar-refractivity contribution in [2.45, 2.75) is 23.5 Å². The lowest BCUT2D eigenvalue weighted by molar-refractivity contribution is -0.134. The zero-order chi connectivity index (χ0) is 17.6. The first kappa shape index (κ1) is 17.4. The van der Waals surface area contributed by atoms with Crippen LogP contribution in [0.15, 0.2) is 54.9 Å². The molecular formula is C18H19N3O3S. The number of hydrogen-bond donors (Lipinski definition) is 2. The van der Waals surface area contributed by atoms with Crippen molar-refractivity contribution >= 4 is 23.6 Å². The van der Waals surface area contributed by atoms with Gasteiger partial charge in [-0.05, 0) is 29.7 Å². The molecule has 0 saturated carbocycles. The van der Waals surface area contributed by atoms with Crippen LogP contribution < -0.4 is 5.48 Å². The minimum absolute atomic E-state index is 0.0383. The Labute approximate surface area is 150 Å². The van der Waals surface area contributed by atoms with Crippen LogP contribution in [-0.2, 0) is 16.0 Å². The molecule has 2 heterocycles. The smallest absolute Gasteiger partial charge is 0.244 e. The number of thioether (sulfide) groups is 1. The summed E-state index contributed by atoms with van der Waals surface area (Å²) in [6.45, 7) is 0.570. The second-order valence-corrected chi connectivity index (χ2v) is 7.05. The Morgan fingerprint density at radius 1 is 1.20 bits per heavy atom. The van der Waals surface area contributed by atoms with Crippen molar-refractivity contribution in [3.8, 4) is 0 Å². The summed E-state index contributed by atoms with van der Waals surface area (Å²) in [6.07, 6.45) is 4.10. The molecule has 1 aromatic carbocycles. The topological polar surface area (TPSA) is 82.5 Å². The maximum atomic E-state index is 12.8. The second-order valence-electron chi connectivity index (χ2n) is 5.76. The molecule has 2 unspecified atom stereocenters. The number of aromatic nitrogens is 1. The monoisotopic (exact) mass is 357 g/mol. The highest BCUT2D eigenvalue weighted by Crippen LogP contribution is 2.44. The number of hydroxylamine groups is 1. The van der Waals surface area contributed by atoms with Gasteiger partial charge in [0.05, 0.1) is 5.25 Å².